The Labute approximate surface area is 121 Å². The Hall–Kier alpha value is -2.08. The number of ether oxygens (including phenoxy) is 1. The summed E-state index contributed by atoms with van der Waals surface area (Å²) >= 11 is 1.27. The molecule has 0 aliphatic carbocycles. The molecule has 5 nitrogen and oxygen atoms in total. The summed E-state index contributed by atoms with van der Waals surface area (Å²) in [4.78, 5) is 20.4. The largest absolute Gasteiger partial charge is 0.497 e. The number of aryl methyl sites for hydroxylation is 1. The molecule has 6 heteroatoms. The fourth-order valence-corrected chi connectivity index (χ4v) is 2.44. The number of carbonyl (C=O) groups is 1. The van der Waals surface area contributed by atoms with Gasteiger partial charge >= 0.3 is 0 Å². The average molecular weight is 289 g/mol. The van der Waals surface area contributed by atoms with Crippen molar-refractivity contribution >= 4 is 23.4 Å². The summed E-state index contributed by atoms with van der Waals surface area (Å²) in [5, 5.41) is 0.513. The Kier molecular flexibility index (Phi) is 4.57. The van der Waals surface area contributed by atoms with E-state index < -0.39 is 0 Å². The smallest absolute Gasteiger partial charge is 0.190 e. The summed E-state index contributed by atoms with van der Waals surface area (Å²) < 4.78 is 5.10. The van der Waals surface area contributed by atoms with Gasteiger partial charge in [-0.2, -0.15) is 0 Å². The number of anilines is 1. The second kappa shape index (κ2) is 6.38. The lowest BCUT2D eigenvalue weighted by Crippen LogP contribution is -2.04. The zero-order valence-electron chi connectivity index (χ0n) is 11.3. The van der Waals surface area contributed by atoms with Gasteiger partial charge in [-0.05, 0) is 19.1 Å². The van der Waals surface area contributed by atoms with Crippen molar-refractivity contribution in [2.24, 2.45) is 0 Å². The van der Waals surface area contributed by atoms with Gasteiger partial charge in [0, 0.05) is 17.3 Å². The van der Waals surface area contributed by atoms with Gasteiger partial charge in [0.25, 0.3) is 0 Å². The first-order valence-corrected chi connectivity index (χ1v) is 6.98. The van der Waals surface area contributed by atoms with Crippen LogP contribution in [-0.2, 0) is 0 Å². The Morgan fingerprint density at radius 1 is 1.35 bits per heavy atom. The Balaban J connectivity index is 2.04. The highest BCUT2D eigenvalue weighted by molar-refractivity contribution is 7.99. The van der Waals surface area contributed by atoms with Gasteiger partial charge in [0.15, 0.2) is 10.9 Å². The van der Waals surface area contributed by atoms with Crippen LogP contribution in [0.4, 0.5) is 5.82 Å². The summed E-state index contributed by atoms with van der Waals surface area (Å²) in [6.07, 6.45) is 0. The molecule has 1 aromatic heterocycles. The van der Waals surface area contributed by atoms with E-state index in [9.17, 15) is 4.79 Å². The standard InChI is InChI=1S/C14H15N3O2S/c1-9-6-13(15)17-14(16-9)20-8-12(18)10-4-3-5-11(7-10)19-2/h3-7H,8H2,1-2H3,(H2,15,16,17). The highest BCUT2D eigenvalue weighted by Gasteiger charge is 2.09. The number of ketones is 1. The number of carbonyl (C=O) groups excluding carboxylic acids is 1. The number of nitrogens with two attached hydrogens (primary N) is 1. The van der Waals surface area contributed by atoms with Crippen LogP contribution >= 0.6 is 11.8 Å². The van der Waals surface area contributed by atoms with E-state index in [1.807, 2.05) is 6.92 Å². The monoisotopic (exact) mass is 289 g/mol. The zero-order chi connectivity index (χ0) is 14.5. The van der Waals surface area contributed by atoms with E-state index in [4.69, 9.17) is 10.5 Å². The molecule has 0 aliphatic heterocycles. The van der Waals surface area contributed by atoms with Gasteiger partial charge in [-0.1, -0.05) is 23.9 Å². The van der Waals surface area contributed by atoms with Crippen molar-refractivity contribution in [2.45, 2.75) is 12.1 Å². The van der Waals surface area contributed by atoms with Crippen LogP contribution in [0.15, 0.2) is 35.5 Å². The molecule has 2 rings (SSSR count). The lowest BCUT2D eigenvalue weighted by atomic mass is 10.1. The van der Waals surface area contributed by atoms with E-state index in [2.05, 4.69) is 9.97 Å². The summed E-state index contributed by atoms with van der Waals surface area (Å²) in [7, 11) is 1.57. The minimum absolute atomic E-state index is 0.00224. The van der Waals surface area contributed by atoms with Gasteiger partial charge in [-0.3, -0.25) is 4.79 Å². The molecule has 0 saturated carbocycles. The predicted molar refractivity (Wildman–Crippen MR) is 79.2 cm³/mol. The average Bonchev–Trinajstić information content (AvgIpc) is 2.44. The van der Waals surface area contributed by atoms with Gasteiger partial charge in [0.05, 0.1) is 12.9 Å². The van der Waals surface area contributed by atoms with Crippen LogP contribution in [0.5, 0.6) is 5.75 Å². The van der Waals surface area contributed by atoms with Gasteiger partial charge in [-0.25, -0.2) is 9.97 Å². The number of hydrogen-bond donors (Lipinski definition) is 1. The van der Waals surface area contributed by atoms with Crippen LogP contribution in [-0.4, -0.2) is 28.6 Å². The normalized spacial score (nSPS) is 10.3. The molecule has 0 aliphatic rings. The first-order chi connectivity index (χ1) is 9.58. The molecule has 2 N–H and O–H groups in total. The highest BCUT2D eigenvalue weighted by atomic mass is 32.2. The number of Topliss-reactive ketones (excluding diaryl/α,β-unsaturated/α-hetero) is 1. The fourth-order valence-electron chi connectivity index (χ4n) is 1.64. The van der Waals surface area contributed by atoms with Crippen LogP contribution in [0.3, 0.4) is 0 Å². The van der Waals surface area contributed by atoms with Crippen molar-refractivity contribution < 1.29 is 9.53 Å². The molecule has 0 spiro atoms. The molecule has 1 heterocycles. The minimum atomic E-state index is -0.00224. The lowest BCUT2D eigenvalue weighted by Gasteiger charge is -2.04. The van der Waals surface area contributed by atoms with Crippen LogP contribution in [0.1, 0.15) is 16.1 Å². The summed E-state index contributed by atoms with van der Waals surface area (Å²) in [6, 6.07) is 8.76. The third-order valence-electron chi connectivity index (χ3n) is 2.58. The highest BCUT2D eigenvalue weighted by Crippen LogP contribution is 2.19. The Morgan fingerprint density at radius 2 is 2.15 bits per heavy atom. The van der Waals surface area contributed by atoms with E-state index in [-0.39, 0.29) is 11.5 Å². The zero-order valence-corrected chi connectivity index (χ0v) is 12.1. The maximum absolute atomic E-state index is 12.1. The molecule has 20 heavy (non-hydrogen) atoms. The summed E-state index contributed by atoms with van der Waals surface area (Å²) in [5.41, 5.74) is 7.04. The second-order valence-corrected chi connectivity index (χ2v) is 5.10. The SMILES string of the molecule is COc1cccc(C(=O)CSc2nc(C)cc(N)n2)c1. The molecular formula is C14H15N3O2S. The summed E-state index contributed by atoms with van der Waals surface area (Å²) in [6.45, 7) is 1.84. The molecule has 0 atom stereocenters. The van der Waals surface area contributed by atoms with Gasteiger partial charge in [-0.15, -0.1) is 0 Å². The number of hydrogen-bond acceptors (Lipinski definition) is 6. The van der Waals surface area contributed by atoms with Gasteiger partial charge < -0.3 is 10.5 Å². The van der Waals surface area contributed by atoms with E-state index in [1.165, 1.54) is 11.8 Å². The number of rotatable bonds is 5. The molecule has 0 radical (unpaired) electrons. The van der Waals surface area contributed by atoms with E-state index in [1.54, 1.807) is 37.4 Å². The molecule has 104 valence electrons. The van der Waals surface area contributed by atoms with E-state index in [0.29, 0.717) is 22.3 Å². The molecule has 2 aromatic rings. The van der Waals surface area contributed by atoms with Crippen LogP contribution in [0.2, 0.25) is 0 Å². The van der Waals surface area contributed by atoms with Crippen molar-refractivity contribution in [1.82, 2.24) is 9.97 Å². The molecule has 0 amide bonds. The maximum Gasteiger partial charge on any atom is 0.190 e. The van der Waals surface area contributed by atoms with Crippen LogP contribution < -0.4 is 10.5 Å². The molecule has 0 bridgehead atoms. The minimum Gasteiger partial charge on any atom is -0.497 e. The Morgan fingerprint density at radius 3 is 2.85 bits per heavy atom. The predicted octanol–water partition coefficient (Wildman–Crippen LogP) is 2.35. The van der Waals surface area contributed by atoms with Crippen molar-refractivity contribution in [2.75, 3.05) is 18.6 Å². The third-order valence-corrected chi connectivity index (χ3v) is 3.42. The first-order valence-electron chi connectivity index (χ1n) is 5.99. The number of aromatic nitrogens is 2. The van der Waals surface area contributed by atoms with E-state index >= 15 is 0 Å². The number of methoxy groups -OCH3 is 1. The topological polar surface area (TPSA) is 78.1 Å². The lowest BCUT2D eigenvalue weighted by molar-refractivity contribution is 0.102. The first kappa shape index (κ1) is 14.3. The number of benzene rings is 1. The maximum atomic E-state index is 12.1. The fraction of sp³-hybridized carbons (Fsp3) is 0.214. The quantitative estimate of drug-likeness (QED) is 0.517. The van der Waals surface area contributed by atoms with Crippen molar-refractivity contribution in [3.05, 3.63) is 41.6 Å². The molecular weight excluding hydrogens is 274 g/mol. The number of thioether (sulfide) groups is 1. The summed E-state index contributed by atoms with van der Waals surface area (Å²) in [5.74, 6) is 1.33. The number of nitrogen functional groups attached to an aromatic ring is 1. The molecule has 0 fully saturated rings. The third kappa shape index (κ3) is 3.71. The van der Waals surface area contributed by atoms with Crippen molar-refractivity contribution in [3.8, 4) is 5.75 Å². The Bertz CT molecular complexity index is 611. The van der Waals surface area contributed by atoms with Crippen molar-refractivity contribution in [3.63, 3.8) is 0 Å². The van der Waals surface area contributed by atoms with Crippen LogP contribution in [0, 0.1) is 6.92 Å². The van der Waals surface area contributed by atoms with Crippen LogP contribution in [0.25, 0.3) is 0 Å². The van der Waals surface area contributed by atoms with Gasteiger partial charge in [0.2, 0.25) is 0 Å². The van der Waals surface area contributed by atoms with Gasteiger partial charge in [0.1, 0.15) is 11.6 Å². The number of nitrogens with zero attached hydrogens (tertiary/aromatic N) is 2. The molecule has 1 aromatic carbocycles. The molecule has 0 unspecified atom stereocenters. The molecule has 0 saturated heterocycles. The van der Waals surface area contributed by atoms with E-state index in [0.717, 1.165) is 5.69 Å². The second-order valence-electron chi connectivity index (χ2n) is 4.16. The van der Waals surface area contributed by atoms with Crippen molar-refractivity contribution in [1.29, 1.82) is 0 Å².